The molecule has 0 spiro atoms. The molecule has 1 atom stereocenters. The van der Waals surface area contributed by atoms with E-state index >= 15 is 0 Å². The van der Waals surface area contributed by atoms with E-state index < -0.39 is 18.0 Å². The second-order valence-corrected chi connectivity index (χ2v) is 8.71. The Morgan fingerprint density at radius 2 is 1.60 bits per heavy atom. The SMILES string of the molecule is CC(CCNC(=O)Cc1cccc(NC(=O)OCC2c3ccccc3-c3ccccc32)c1)C(=O)O. The van der Waals surface area contributed by atoms with Crippen molar-refractivity contribution in [3.05, 3.63) is 89.5 Å². The molecule has 1 unspecified atom stereocenters. The topological polar surface area (TPSA) is 105 Å². The summed E-state index contributed by atoms with van der Waals surface area (Å²) in [5.41, 5.74) is 5.89. The summed E-state index contributed by atoms with van der Waals surface area (Å²) in [6.45, 7) is 2.12. The summed E-state index contributed by atoms with van der Waals surface area (Å²) in [7, 11) is 0. The fourth-order valence-electron chi connectivity index (χ4n) is 4.31. The van der Waals surface area contributed by atoms with Gasteiger partial charge in [-0.1, -0.05) is 67.6 Å². The van der Waals surface area contributed by atoms with E-state index in [0.717, 1.165) is 16.7 Å². The summed E-state index contributed by atoms with van der Waals surface area (Å²) < 4.78 is 5.58. The fourth-order valence-corrected chi connectivity index (χ4v) is 4.31. The minimum atomic E-state index is -0.883. The molecule has 3 aromatic carbocycles. The number of carboxylic acid groups (broad SMARTS) is 1. The zero-order chi connectivity index (χ0) is 24.8. The van der Waals surface area contributed by atoms with Gasteiger partial charge in [0, 0.05) is 18.2 Å². The van der Waals surface area contributed by atoms with Crippen molar-refractivity contribution >= 4 is 23.7 Å². The van der Waals surface area contributed by atoms with Crippen molar-refractivity contribution in [2.24, 2.45) is 5.92 Å². The van der Waals surface area contributed by atoms with E-state index in [4.69, 9.17) is 9.84 Å². The molecule has 2 amide bonds. The normalized spacial score (nSPS) is 12.8. The van der Waals surface area contributed by atoms with E-state index in [9.17, 15) is 14.4 Å². The molecule has 7 nitrogen and oxygen atoms in total. The van der Waals surface area contributed by atoms with Crippen LogP contribution in [-0.2, 0) is 20.7 Å². The van der Waals surface area contributed by atoms with Crippen LogP contribution >= 0.6 is 0 Å². The Kier molecular flexibility index (Phi) is 7.45. The summed E-state index contributed by atoms with van der Waals surface area (Å²) in [5.74, 6) is -1.63. The van der Waals surface area contributed by atoms with Gasteiger partial charge >= 0.3 is 12.1 Å². The van der Waals surface area contributed by atoms with Crippen LogP contribution in [0.4, 0.5) is 10.5 Å². The Balaban J connectivity index is 1.30. The van der Waals surface area contributed by atoms with Crippen LogP contribution < -0.4 is 10.6 Å². The number of rotatable bonds is 9. The number of hydrogen-bond donors (Lipinski definition) is 3. The van der Waals surface area contributed by atoms with Crippen molar-refractivity contribution in [1.29, 1.82) is 0 Å². The third-order valence-corrected chi connectivity index (χ3v) is 6.20. The van der Waals surface area contributed by atoms with Crippen LogP contribution in [-0.4, -0.2) is 36.2 Å². The van der Waals surface area contributed by atoms with Gasteiger partial charge in [-0.3, -0.25) is 14.9 Å². The standard InChI is InChI=1S/C28H28N2O5/c1-18(27(32)33)13-14-29-26(31)16-19-7-6-8-20(15-19)30-28(34)35-17-25-23-11-4-2-9-21(23)22-10-3-5-12-24(22)25/h2-12,15,18,25H,13-14,16-17H2,1H3,(H,29,31)(H,30,34)(H,32,33). The van der Waals surface area contributed by atoms with Crippen molar-refractivity contribution in [1.82, 2.24) is 5.32 Å². The molecule has 0 saturated heterocycles. The van der Waals surface area contributed by atoms with E-state index in [1.807, 2.05) is 24.3 Å². The van der Waals surface area contributed by atoms with Crippen LogP contribution in [0.15, 0.2) is 72.8 Å². The molecule has 4 rings (SSSR count). The van der Waals surface area contributed by atoms with Crippen molar-refractivity contribution in [3.8, 4) is 11.1 Å². The number of amides is 2. The first-order valence-electron chi connectivity index (χ1n) is 11.6. The Morgan fingerprint density at radius 3 is 2.26 bits per heavy atom. The molecule has 0 saturated carbocycles. The highest BCUT2D eigenvalue weighted by molar-refractivity contribution is 5.86. The van der Waals surface area contributed by atoms with Crippen LogP contribution in [0.25, 0.3) is 11.1 Å². The van der Waals surface area contributed by atoms with E-state index in [0.29, 0.717) is 18.7 Å². The average Bonchev–Trinajstić information content (AvgIpc) is 3.16. The van der Waals surface area contributed by atoms with Gasteiger partial charge in [0.1, 0.15) is 6.61 Å². The lowest BCUT2D eigenvalue weighted by atomic mass is 9.98. The summed E-state index contributed by atoms with van der Waals surface area (Å²) in [5, 5.41) is 14.4. The Labute approximate surface area is 204 Å². The average molecular weight is 473 g/mol. The second-order valence-electron chi connectivity index (χ2n) is 8.71. The summed E-state index contributed by atoms with van der Waals surface area (Å²) in [6, 6.07) is 23.3. The van der Waals surface area contributed by atoms with Crippen LogP contribution in [0.1, 0.15) is 36.0 Å². The number of nitrogens with one attached hydrogen (secondary N) is 2. The molecule has 0 bridgehead atoms. The van der Waals surface area contributed by atoms with Crippen LogP contribution in [0.2, 0.25) is 0 Å². The number of carbonyl (C=O) groups excluding carboxylic acids is 2. The van der Waals surface area contributed by atoms with Crippen LogP contribution in [0, 0.1) is 5.92 Å². The molecule has 3 N–H and O–H groups in total. The molecule has 0 radical (unpaired) electrons. The van der Waals surface area contributed by atoms with Gasteiger partial charge in [-0.05, 0) is 46.4 Å². The van der Waals surface area contributed by atoms with Crippen molar-refractivity contribution in [2.45, 2.75) is 25.7 Å². The minimum Gasteiger partial charge on any atom is -0.481 e. The van der Waals surface area contributed by atoms with Gasteiger partial charge in [-0.25, -0.2) is 4.79 Å². The molecule has 1 aliphatic rings. The molecule has 35 heavy (non-hydrogen) atoms. The van der Waals surface area contributed by atoms with Gasteiger partial charge in [0.25, 0.3) is 0 Å². The number of anilines is 1. The molecule has 1 aliphatic carbocycles. The maximum absolute atomic E-state index is 12.5. The predicted molar refractivity (Wildman–Crippen MR) is 133 cm³/mol. The van der Waals surface area contributed by atoms with Crippen LogP contribution in [0.5, 0.6) is 0 Å². The predicted octanol–water partition coefficient (Wildman–Crippen LogP) is 4.82. The molecule has 0 aliphatic heterocycles. The zero-order valence-electron chi connectivity index (χ0n) is 19.5. The first-order valence-corrected chi connectivity index (χ1v) is 11.6. The van der Waals surface area contributed by atoms with Crippen LogP contribution in [0.3, 0.4) is 0 Å². The van der Waals surface area contributed by atoms with Crippen molar-refractivity contribution in [2.75, 3.05) is 18.5 Å². The number of carboxylic acids is 1. The molecular formula is C28H28N2O5. The summed E-state index contributed by atoms with van der Waals surface area (Å²) in [6.07, 6.45) is -0.0670. The third kappa shape index (κ3) is 5.87. The van der Waals surface area contributed by atoms with E-state index in [1.54, 1.807) is 31.2 Å². The third-order valence-electron chi connectivity index (χ3n) is 6.20. The summed E-state index contributed by atoms with van der Waals surface area (Å²) in [4.78, 5) is 35.6. The number of aliphatic carboxylic acids is 1. The van der Waals surface area contributed by atoms with Gasteiger partial charge in [0.15, 0.2) is 0 Å². The fraction of sp³-hybridized carbons (Fsp3) is 0.250. The number of carbonyl (C=O) groups is 3. The van der Waals surface area contributed by atoms with E-state index in [2.05, 4.69) is 34.9 Å². The van der Waals surface area contributed by atoms with Gasteiger partial charge in [0.2, 0.25) is 5.91 Å². The van der Waals surface area contributed by atoms with Gasteiger partial charge < -0.3 is 15.2 Å². The molecule has 3 aromatic rings. The lowest BCUT2D eigenvalue weighted by molar-refractivity contribution is -0.141. The minimum absolute atomic E-state index is 0.0213. The van der Waals surface area contributed by atoms with E-state index in [1.165, 1.54) is 11.1 Å². The molecule has 0 fully saturated rings. The highest BCUT2D eigenvalue weighted by Gasteiger charge is 2.29. The second kappa shape index (κ2) is 10.9. The molecular weight excluding hydrogens is 444 g/mol. The van der Waals surface area contributed by atoms with Gasteiger partial charge in [-0.15, -0.1) is 0 Å². The number of fused-ring (bicyclic) bond motifs is 3. The maximum Gasteiger partial charge on any atom is 0.411 e. The Morgan fingerprint density at radius 1 is 0.943 bits per heavy atom. The lowest BCUT2D eigenvalue weighted by Gasteiger charge is -2.15. The Hall–Kier alpha value is -4.13. The van der Waals surface area contributed by atoms with Gasteiger partial charge in [0.05, 0.1) is 12.3 Å². The quantitative estimate of drug-likeness (QED) is 0.414. The largest absolute Gasteiger partial charge is 0.481 e. The molecule has 7 heteroatoms. The highest BCUT2D eigenvalue weighted by Crippen LogP contribution is 2.44. The number of benzene rings is 3. The molecule has 180 valence electrons. The van der Waals surface area contributed by atoms with E-state index in [-0.39, 0.29) is 24.9 Å². The van der Waals surface area contributed by atoms with Crippen molar-refractivity contribution < 1.29 is 24.2 Å². The lowest BCUT2D eigenvalue weighted by Crippen LogP contribution is -2.28. The zero-order valence-corrected chi connectivity index (χ0v) is 19.5. The molecule has 0 aromatic heterocycles. The van der Waals surface area contributed by atoms with Crippen molar-refractivity contribution in [3.63, 3.8) is 0 Å². The van der Waals surface area contributed by atoms with Gasteiger partial charge in [-0.2, -0.15) is 0 Å². The first-order chi connectivity index (χ1) is 16.9. The Bertz CT molecular complexity index is 1190. The molecule has 0 heterocycles. The maximum atomic E-state index is 12.5. The number of hydrogen-bond acceptors (Lipinski definition) is 4. The monoisotopic (exact) mass is 472 g/mol. The smallest absolute Gasteiger partial charge is 0.411 e. The highest BCUT2D eigenvalue weighted by atomic mass is 16.5. The summed E-state index contributed by atoms with van der Waals surface area (Å²) >= 11 is 0. The number of ether oxygens (including phenoxy) is 1. The first kappa shape index (κ1) is 24.0.